The van der Waals surface area contributed by atoms with Gasteiger partial charge in [0, 0.05) is 30.1 Å². The number of hydrogen-bond donors (Lipinski definition) is 2. The number of rotatable bonds is 4. The molecule has 2 N–H and O–H groups in total. The molecule has 0 amide bonds. The van der Waals surface area contributed by atoms with Crippen molar-refractivity contribution in [2.24, 2.45) is 10.1 Å². The minimum absolute atomic E-state index is 0.787. The smallest absolute Gasteiger partial charge is 0.214 e. The number of hydrazone groups is 1. The first kappa shape index (κ1) is 18.0. The molecule has 1 aliphatic heterocycles. The SMILES string of the molecule is CC(C)=C/C(=N\N(C)C1=NCCN1)c1c(-c2ccccc2)[nH]c2ccccc12. The summed E-state index contributed by atoms with van der Waals surface area (Å²) in [6, 6.07) is 18.8. The van der Waals surface area contributed by atoms with E-state index >= 15 is 0 Å². The predicted molar refractivity (Wildman–Crippen MR) is 118 cm³/mol. The number of aromatic nitrogens is 1. The van der Waals surface area contributed by atoms with E-state index in [-0.39, 0.29) is 0 Å². The lowest BCUT2D eigenvalue weighted by atomic mass is 10.00. The van der Waals surface area contributed by atoms with Crippen molar-refractivity contribution < 1.29 is 0 Å². The third-order valence-corrected chi connectivity index (χ3v) is 4.67. The second-order valence-electron chi connectivity index (χ2n) is 7.15. The van der Waals surface area contributed by atoms with Gasteiger partial charge in [-0.3, -0.25) is 0 Å². The van der Waals surface area contributed by atoms with Gasteiger partial charge < -0.3 is 10.3 Å². The van der Waals surface area contributed by atoms with Gasteiger partial charge in [0.2, 0.25) is 5.96 Å². The average molecular weight is 371 g/mol. The largest absolute Gasteiger partial charge is 0.354 e. The average Bonchev–Trinajstić information content (AvgIpc) is 3.36. The molecule has 0 radical (unpaired) electrons. The van der Waals surface area contributed by atoms with E-state index in [0.29, 0.717) is 0 Å². The fraction of sp³-hybridized carbons (Fsp3) is 0.217. The Bertz CT molecular complexity index is 1070. The summed E-state index contributed by atoms with van der Waals surface area (Å²) in [6.45, 7) is 5.83. The summed E-state index contributed by atoms with van der Waals surface area (Å²) in [5, 5.41) is 11.2. The van der Waals surface area contributed by atoms with Crippen LogP contribution in [-0.2, 0) is 0 Å². The molecule has 28 heavy (non-hydrogen) atoms. The number of H-pyrrole nitrogens is 1. The minimum atomic E-state index is 0.787. The third kappa shape index (κ3) is 3.56. The summed E-state index contributed by atoms with van der Waals surface area (Å²) in [4.78, 5) is 8.09. The minimum Gasteiger partial charge on any atom is -0.354 e. The molecule has 2 aromatic carbocycles. The molecule has 0 atom stereocenters. The molecule has 142 valence electrons. The van der Waals surface area contributed by atoms with Crippen LogP contribution < -0.4 is 5.32 Å². The van der Waals surface area contributed by atoms with Crippen molar-refractivity contribution in [3.8, 4) is 11.3 Å². The van der Waals surface area contributed by atoms with E-state index in [4.69, 9.17) is 5.10 Å². The van der Waals surface area contributed by atoms with E-state index in [1.807, 2.05) is 18.1 Å². The Morgan fingerprint density at radius 2 is 1.82 bits per heavy atom. The van der Waals surface area contributed by atoms with Gasteiger partial charge in [-0.05, 0) is 31.6 Å². The second kappa shape index (κ2) is 7.72. The molecule has 0 bridgehead atoms. The second-order valence-corrected chi connectivity index (χ2v) is 7.15. The van der Waals surface area contributed by atoms with Gasteiger partial charge in [-0.2, -0.15) is 5.10 Å². The number of benzene rings is 2. The summed E-state index contributed by atoms with van der Waals surface area (Å²) in [5.74, 6) is 0.806. The summed E-state index contributed by atoms with van der Waals surface area (Å²) in [5.41, 5.74) is 6.53. The number of hydrogen-bond acceptors (Lipinski definition) is 4. The normalized spacial score (nSPS) is 14.0. The number of aliphatic imine (C=N–C) groups is 1. The van der Waals surface area contributed by atoms with Crippen LogP contribution in [0.3, 0.4) is 0 Å². The number of fused-ring (bicyclic) bond motifs is 1. The number of allylic oxidation sites excluding steroid dienone is 2. The Morgan fingerprint density at radius 3 is 2.54 bits per heavy atom. The van der Waals surface area contributed by atoms with Crippen LogP contribution in [0.15, 0.2) is 76.3 Å². The van der Waals surface area contributed by atoms with Crippen LogP contribution in [0.2, 0.25) is 0 Å². The fourth-order valence-electron chi connectivity index (χ4n) is 3.46. The Balaban J connectivity index is 1.94. The van der Waals surface area contributed by atoms with Crippen LogP contribution in [0, 0.1) is 0 Å². The van der Waals surface area contributed by atoms with Gasteiger partial charge in [-0.1, -0.05) is 54.1 Å². The molecule has 5 heteroatoms. The lowest BCUT2D eigenvalue weighted by Crippen LogP contribution is -2.33. The molecule has 5 nitrogen and oxygen atoms in total. The highest BCUT2D eigenvalue weighted by Crippen LogP contribution is 2.31. The number of guanidine groups is 1. The maximum atomic E-state index is 4.94. The van der Waals surface area contributed by atoms with Crippen LogP contribution in [-0.4, -0.2) is 41.8 Å². The molecule has 0 saturated heterocycles. The van der Waals surface area contributed by atoms with Gasteiger partial charge in [0.1, 0.15) is 0 Å². The van der Waals surface area contributed by atoms with Crippen LogP contribution >= 0.6 is 0 Å². The van der Waals surface area contributed by atoms with Gasteiger partial charge in [-0.15, -0.1) is 0 Å². The van der Waals surface area contributed by atoms with E-state index in [0.717, 1.165) is 52.5 Å². The molecule has 2 heterocycles. The molecule has 1 aliphatic rings. The molecule has 0 fully saturated rings. The lowest BCUT2D eigenvalue weighted by Gasteiger charge is -2.15. The van der Waals surface area contributed by atoms with Crippen molar-refractivity contribution >= 4 is 22.6 Å². The van der Waals surface area contributed by atoms with Gasteiger partial charge in [0.25, 0.3) is 0 Å². The summed E-state index contributed by atoms with van der Waals surface area (Å²) >= 11 is 0. The highest BCUT2D eigenvalue weighted by molar-refractivity contribution is 6.20. The molecule has 0 spiro atoms. The van der Waals surface area contributed by atoms with Crippen molar-refractivity contribution in [3.63, 3.8) is 0 Å². The molecule has 0 unspecified atom stereocenters. The highest BCUT2D eigenvalue weighted by Gasteiger charge is 2.19. The van der Waals surface area contributed by atoms with Crippen LogP contribution in [0.25, 0.3) is 22.2 Å². The number of nitrogens with one attached hydrogen (secondary N) is 2. The first-order chi connectivity index (χ1) is 13.6. The molecule has 4 rings (SSSR count). The Hall–Kier alpha value is -3.34. The zero-order chi connectivity index (χ0) is 19.5. The van der Waals surface area contributed by atoms with Crippen molar-refractivity contribution in [2.45, 2.75) is 13.8 Å². The van der Waals surface area contributed by atoms with E-state index < -0.39 is 0 Å². The maximum absolute atomic E-state index is 4.94. The van der Waals surface area contributed by atoms with Crippen LogP contribution in [0.4, 0.5) is 0 Å². The van der Waals surface area contributed by atoms with Gasteiger partial charge in [-0.25, -0.2) is 10.0 Å². The quantitative estimate of drug-likeness (QED) is 0.528. The Kier molecular flexibility index (Phi) is 4.98. The number of nitrogens with zero attached hydrogens (tertiary/aromatic N) is 3. The van der Waals surface area contributed by atoms with E-state index in [2.05, 4.69) is 83.7 Å². The molecular weight excluding hydrogens is 346 g/mol. The molecule has 0 aliphatic carbocycles. The summed E-state index contributed by atoms with van der Waals surface area (Å²) in [7, 11) is 1.94. The number of para-hydroxylation sites is 1. The molecule has 1 aromatic heterocycles. The molecular formula is C23H25N5. The van der Waals surface area contributed by atoms with Crippen LogP contribution in [0.5, 0.6) is 0 Å². The van der Waals surface area contributed by atoms with E-state index in [1.165, 1.54) is 5.57 Å². The van der Waals surface area contributed by atoms with E-state index in [9.17, 15) is 0 Å². The first-order valence-corrected chi connectivity index (χ1v) is 9.55. The van der Waals surface area contributed by atoms with Gasteiger partial charge in [0.15, 0.2) is 0 Å². The first-order valence-electron chi connectivity index (χ1n) is 9.55. The summed E-state index contributed by atoms with van der Waals surface area (Å²) in [6.07, 6.45) is 2.13. The maximum Gasteiger partial charge on any atom is 0.214 e. The van der Waals surface area contributed by atoms with Gasteiger partial charge in [0.05, 0.1) is 18.0 Å². The van der Waals surface area contributed by atoms with Crippen molar-refractivity contribution in [2.75, 3.05) is 20.1 Å². The summed E-state index contributed by atoms with van der Waals surface area (Å²) < 4.78 is 0. The number of aromatic amines is 1. The zero-order valence-electron chi connectivity index (χ0n) is 16.5. The van der Waals surface area contributed by atoms with Crippen molar-refractivity contribution in [3.05, 3.63) is 71.8 Å². The standard InChI is InChI=1S/C23H25N5/c1-16(2)15-20(27-28(3)23-24-13-14-25-23)21-18-11-7-8-12-19(18)26-22(21)17-9-5-4-6-10-17/h4-12,15,26H,13-14H2,1-3H3,(H,24,25)/b27-20+. The van der Waals surface area contributed by atoms with Crippen molar-refractivity contribution in [1.29, 1.82) is 0 Å². The third-order valence-electron chi connectivity index (χ3n) is 4.67. The predicted octanol–water partition coefficient (Wildman–Crippen LogP) is 4.40. The topological polar surface area (TPSA) is 55.8 Å². The van der Waals surface area contributed by atoms with Crippen molar-refractivity contribution in [1.82, 2.24) is 15.3 Å². The Morgan fingerprint density at radius 1 is 1.07 bits per heavy atom. The Labute approximate surface area is 165 Å². The monoisotopic (exact) mass is 371 g/mol. The zero-order valence-corrected chi connectivity index (χ0v) is 16.5. The molecule has 3 aromatic rings. The highest BCUT2D eigenvalue weighted by atomic mass is 15.5. The van der Waals surface area contributed by atoms with Crippen LogP contribution in [0.1, 0.15) is 19.4 Å². The lowest BCUT2D eigenvalue weighted by molar-refractivity contribution is 0.528. The molecule has 0 saturated carbocycles. The van der Waals surface area contributed by atoms with E-state index in [1.54, 1.807) is 0 Å². The fourth-order valence-corrected chi connectivity index (χ4v) is 3.46. The van der Waals surface area contributed by atoms with Gasteiger partial charge >= 0.3 is 0 Å².